The molecule has 200 valence electrons. The van der Waals surface area contributed by atoms with Crippen LogP contribution in [0.15, 0.2) is 53.7 Å². The van der Waals surface area contributed by atoms with Gasteiger partial charge in [0.25, 0.3) is 0 Å². The monoisotopic (exact) mass is 538 g/mol. The number of fused-ring (bicyclic) bond motifs is 1. The number of nitrogen functional groups attached to an aromatic ring is 1. The number of nitrogens with zero attached hydrogens (tertiary/aromatic N) is 5. The number of thiazole rings is 1. The van der Waals surface area contributed by atoms with Gasteiger partial charge in [-0.25, -0.2) is 19.7 Å². The number of hydrogen-bond acceptors (Lipinski definition) is 10. The highest BCUT2D eigenvalue weighted by Gasteiger charge is 2.44. The Balaban J connectivity index is 1.05. The normalized spacial score (nSPS) is 21.3. The van der Waals surface area contributed by atoms with Gasteiger partial charge in [-0.15, -0.1) is 11.3 Å². The summed E-state index contributed by atoms with van der Waals surface area (Å²) in [6, 6.07) is 8.89. The van der Waals surface area contributed by atoms with Crippen molar-refractivity contribution in [3.63, 3.8) is 0 Å². The molecule has 2 amide bonds. The summed E-state index contributed by atoms with van der Waals surface area (Å²) in [5.74, 6) is 0. The van der Waals surface area contributed by atoms with Crippen LogP contribution in [0.3, 0.4) is 0 Å². The van der Waals surface area contributed by atoms with E-state index in [-0.39, 0.29) is 6.03 Å². The molecule has 1 saturated heterocycles. The van der Waals surface area contributed by atoms with Gasteiger partial charge in [-0.1, -0.05) is 12.1 Å². The number of carbonyl (C=O) groups excluding carboxylic acids is 1. The SMILES string of the molecule is CN(CCCNC(=O)Nc1ccc(-c2cscn2)cc1)C[C@H]1O[C@@H](n2cnc3c(N)ccnc32)[C@H](O)[C@@H]1O. The molecule has 4 heterocycles. The van der Waals surface area contributed by atoms with Gasteiger partial charge in [0.05, 0.1) is 23.2 Å². The highest BCUT2D eigenvalue weighted by Crippen LogP contribution is 2.32. The number of pyridine rings is 1. The summed E-state index contributed by atoms with van der Waals surface area (Å²) >= 11 is 1.54. The molecule has 6 N–H and O–H groups in total. The molecule has 0 aliphatic carbocycles. The van der Waals surface area contributed by atoms with Gasteiger partial charge < -0.3 is 36.2 Å². The Bertz CT molecular complexity index is 1360. The van der Waals surface area contributed by atoms with Crippen molar-refractivity contribution in [3.05, 3.63) is 53.7 Å². The summed E-state index contributed by atoms with van der Waals surface area (Å²) in [7, 11) is 1.90. The predicted octanol–water partition coefficient (Wildman–Crippen LogP) is 1.90. The fourth-order valence-electron chi connectivity index (χ4n) is 4.45. The average molecular weight is 539 g/mol. The summed E-state index contributed by atoms with van der Waals surface area (Å²) in [6.45, 7) is 1.52. The Morgan fingerprint density at radius 2 is 2.00 bits per heavy atom. The van der Waals surface area contributed by atoms with Crippen LogP contribution in [0.2, 0.25) is 0 Å². The number of likely N-dealkylation sites (N-methyl/N-ethyl adjacent to an activating group) is 1. The van der Waals surface area contributed by atoms with Crippen LogP contribution < -0.4 is 16.4 Å². The first-order chi connectivity index (χ1) is 18.4. The number of benzene rings is 1. The van der Waals surface area contributed by atoms with Gasteiger partial charge in [-0.2, -0.15) is 0 Å². The molecule has 5 rings (SSSR count). The third-order valence-electron chi connectivity index (χ3n) is 6.47. The van der Waals surface area contributed by atoms with E-state index in [1.807, 2.05) is 41.6 Å². The Labute approximate surface area is 223 Å². The molecule has 4 aromatic rings. The highest BCUT2D eigenvalue weighted by molar-refractivity contribution is 7.07. The number of ether oxygens (including phenoxy) is 1. The van der Waals surface area contributed by atoms with E-state index in [9.17, 15) is 15.0 Å². The molecule has 0 saturated carbocycles. The lowest BCUT2D eigenvalue weighted by Gasteiger charge is -2.22. The molecule has 38 heavy (non-hydrogen) atoms. The maximum absolute atomic E-state index is 12.2. The van der Waals surface area contributed by atoms with Crippen molar-refractivity contribution < 1.29 is 19.7 Å². The summed E-state index contributed by atoms with van der Waals surface area (Å²) in [5, 5.41) is 28.9. The first-order valence-corrected chi connectivity index (χ1v) is 13.2. The number of nitrogens with one attached hydrogen (secondary N) is 2. The van der Waals surface area contributed by atoms with Crippen LogP contribution in [-0.2, 0) is 4.74 Å². The van der Waals surface area contributed by atoms with Crippen LogP contribution >= 0.6 is 11.3 Å². The van der Waals surface area contributed by atoms with E-state index in [0.717, 1.165) is 11.3 Å². The number of rotatable bonds is 9. The molecule has 1 aromatic carbocycles. The lowest BCUT2D eigenvalue weighted by Crippen LogP contribution is -2.39. The highest BCUT2D eigenvalue weighted by atomic mass is 32.1. The van der Waals surface area contributed by atoms with E-state index in [2.05, 4.69) is 25.6 Å². The fourth-order valence-corrected chi connectivity index (χ4v) is 5.01. The Hall–Kier alpha value is -3.62. The van der Waals surface area contributed by atoms with Crippen LogP contribution in [0.1, 0.15) is 12.6 Å². The number of urea groups is 1. The second-order valence-electron chi connectivity index (χ2n) is 9.22. The molecule has 0 unspecified atom stereocenters. The largest absolute Gasteiger partial charge is 0.397 e. The molecule has 1 fully saturated rings. The van der Waals surface area contributed by atoms with E-state index < -0.39 is 24.5 Å². The smallest absolute Gasteiger partial charge is 0.319 e. The summed E-state index contributed by atoms with van der Waals surface area (Å²) in [6.07, 6.45) is 0.100. The van der Waals surface area contributed by atoms with E-state index in [1.54, 1.807) is 22.3 Å². The van der Waals surface area contributed by atoms with E-state index >= 15 is 0 Å². The molecule has 0 spiro atoms. The number of aliphatic hydroxyl groups excluding tert-OH is 2. The second-order valence-corrected chi connectivity index (χ2v) is 9.94. The molecule has 4 atom stereocenters. The van der Waals surface area contributed by atoms with Gasteiger partial charge in [0, 0.05) is 35.9 Å². The number of aromatic nitrogens is 4. The molecule has 12 nitrogen and oxygen atoms in total. The molecule has 1 aliphatic rings. The maximum atomic E-state index is 12.2. The Morgan fingerprint density at radius 3 is 2.76 bits per heavy atom. The fraction of sp³-hybridized carbons (Fsp3) is 0.360. The number of anilines is 2. The number of amides is 2. The summed E-state index contributed by atoms with van der Waals surface area (Å²) < 4.78 is 7.60. The van der Waals surface area contributed by atoms with Crippen molar-refractivity contribution in [2.75, 3.05) is 37.7 Å². The minimum Gasteiger partial charge on any atom is -0.397 e. The van der Waals surface area contributed by atoms with Crippen LogP contribution in [0.4, 0.5) is 16.2 Å². The van der Waals surface area contributed by atoms with Crippen LogP contribution in [0.25, 0.3) is 22.4 Å². The topological polar surface area (TPSA) is 164 Å². The number of nitrogens with two attached hydrogens (primary N) is 1. The van der Waals surface area contributed by atoms with Crippen LogP contribution in [0, 0.1) is 0 Å². The third kappa shape index (κ3) is 5.61. The molecule has 1 aliphatic heterocycles. The minimum atomic E-state index is -1.14. The van der Waals surface area contributed by atoms with Crippen molar-refractivity contribution in [2.45, 2.75) is 31.0 Å². The first-order valence-electron chi connectivity index (χ1n) is 12.2. The zero-order valence-corrected chi connectivity index (χ0v) is 21.6. The molecular weight excluding hydrogens is 508 g/mol. The number of aliphatic hydroxyl groups is 2. The van der Waals surface area contributed by atoms with Crippen molar-refractivity contribution in [1.82, 2.24) is 29.7 Å². The molecular formula is C25H30N8O4S. The Morgan fingerprint density at radius 1 is 1.18 bits per heavy atom. The van der Waals surface area contributed by atoms with E-state index in [4.69, 9.17) is 10.5 Å². The van der Waals surface area contributed by atoms with Gasteiger partial charge in [-0.3, -0.25) is 4.57 Å². The van der Waals surface area contributed by atoms with Gasteiger partial charge >= 0.3 is 6.03 Å². The van der Waals surface area contributed by atoms with Crippen molar-refractivity contribution in [1.29, 1.82) is 0 Å². The van der Waals surface area contributed by atoms with Crippen molar-refractivity contribution in [3.8, 4) is 11.3 Å². The lowest BCUT2D eigenvalue weighted by molar-refractivity contribution is -0.0421. The molecule has 3 aromatic heterocycles. The third-order valence-corrected chi connectivity index (χ3v) is 7.05. The second kappa shape index (κ2) is 11.4. The zero-order valence-electron chi connectivity index (χ0n) is 20.8. The van der Waals surface area contributed by atoms with Gasteiger partial charge in [0.15, 0.2) is 11.9 Å². The standard InChI is InChI=1S/C25H30N8O4S/c1-32(10-2-8-28-25(36)31-16-5-3-15(4-6-16)18-12-38-14-30-18)11-19-21(34)22(35)24(37-19)33-13-29-20-17(26)7-9-27-23(20)33/h3-7,9,12-14,19,21-22,24,34-35H,2,8,10-11H2,1H3,(H2,26,27)(H2,28,31,36)/t19-,21-,22-,24-/m1/s1. The lowest BCUT2D eigenvalue weighted by atomic mass is 10.1. The van der Waals surface area contributed by atoms with E-state index in [0.29, 0.717) is 48.6 Å². The van der Waals surface area contributed by atoms with Gasteiger partial charge in [-0.05, 0) is 38.2 Å². The summed E-state index contributed by atoms with van der Waals surface area (Å²) in [4.78, 5) is 27.1. The van der Waals surface area contributed by atoms with Gasteiger partial charge in [0.2, 0.25) is 0 Å². The number of carbonyl (C=O) groups is 1. The summed E-state index contributed by atoms with van der Waals surface area (Å²) in [5.41, 5.74) is 11.8. The zero-order chi connectivity index (χ0) is 26.6. The predicted molar refractivity (Wildman–Crippen MR) is 145 cm³/mol. The van der Waals surface area contributed by atoms with Crippen molar-refractivity contribution >= 4 is 39.9 Å². The van der Waals surface area contributed by atoms with E-state index in [1.165, 1.54) is 17.7 Å². The van der Waals surface area contributed by atoms with Crippen LogP contribution in [-0.4, -0.2) is 85.7 Å². The van der Waals surface area contributed by atoms with Gasteiger partial charge in [0.1, 0.15) is 23.8 Å². The van der Waals surface area contributed by atoms with Crippen molar-refractivity contribution in [2.24, 2.45) is 0 Å². The minimum absolute atomic E-state index is 0.281. The molecule has 0 radical (unpaired) electrons. The number of imidazole rings is 1. The quantitative estimate of drug-likeness (QED) is 0.200. The Kier molecular flexibility index (Phi) is 7.81. The first kappa shape index (κ1) is 26.0. The maximum Gasteiger partial charge on any atom is 0.319 e. The molecule has 13 heteroatoms. The number of hydrogen-bond donors (Lipinski definition) is 5. The average Bonchev–Trinajstić information content (AvgIpc) is 3.65. The van der Waals surface area contributed by atoms with Crippen LogP contribution in [0.5, 0.6) is 0 Å². The molecule has 0 bridgehead atoms.